The zero-order valence-electron chi connectivity index (χ0n) is 24.3. The summed E-state index contributed by atoms with van der Waals surface area (Å²) in [6, 6.07) is 7.98. The molecule has 2 nitrogen and oxygen atoms in total. The molecule has 2 aromatic rings. The second-order valence-electron chi connectivity index (χ2n) is 13.0. The summed E-state index contributed by atoms with van der Waals surface area (Å²) < 4.78 is 0. The maximum atomic E-state index is 10.6. The first-order valence-corrected chi connectivity index (χ1v) is 13.8. The van der Waals surface area contributed by atoms with Crippen LogP contribution in [0.1, 0.15) is 114 Å². The van der Waals surface area contributed by atoms with E-state index in [1.165, 1.54) is 47.9 Å². The van der Waals surface area contributed by atoms with Crippen molar-refractivity contribution in [3.8, 4) is 11.5 Å². The average Bonchev–Trinajstić information content (AvgIpc) is 2.75. The van der Waals surface area contributed by atoms with Crippen LogP contribution in [0, 0.1) is 36.5 Å². The van der Waals surface area contributed by atoms with Crippen LogP contribution in [-0.2, 0) is 19.3 Å². The summed E-state index contributed by atoms with van der Waals surface area (Å²) in [6.45, 7) is 22.7. The van der Waals surface area contributed by atoms with Gasteiger partial charge in [0.2, 0.25) is 0 Å². The van der Waals surface area contributed by atoms with E-state index < -0.39 is 0 Å². The minimum Gasteiger partial charge on any atom is -0.508 e. The Labute approximate surface area is 216 Å². The normalized spacial score (nSPS) is 14.2. The molecule has 35 heavy (non-hydrogen) atoms. The van der Waals surface area contributed by atoms with Crippen LogP contribution in [0.3, 0.4) is 0 Å². The highest BCUT2D eigenvalue weighted by Crippen LogP contribution is 2.39. The van der Waals surface area contributed by atoms with Crippen molar-refractivity contribution in [2.75, 3.05) is 0 Å². The number of benzene rings is 2. The summed E-state index contributed by atoms with van der Waals surface area (Å²) in [4.78, 5) is 0. The first-order chi connectivity index (χ1) is 16.2. The van der Waals surface area contributed by atoms with Gasteiger partial charge in [-0.25, -0.2) is 0 Å². The lowest BCUT2D eigenvalue weighted by molar-refractivity contribution is 0.221. The Bertz CT molecular complexity index is 893. The van der Waals surface area contributed by atoms with E-state index in [0.717, 1.165) is 30.4 Å². The lowest BCUT2D eigenvalue weighted by Gasteiger charge is -2.33. The van der Waals surface area contributed by atoms with Gasteiger partial charge in [-0.05, 0) is 114 Å². The Morgan fingerprint density at radius 3 is 1.26 bits per heavy atom. The van der Waals surface area contributed by atoms with Gasteiger partial charge in [0, 0.05) is 0 Å². The lowest BCUT2D eigenvalue weighted by Crippen LogP contribution is -2.24. The molecule has 2 unspecified atom stereocenters. The molecular weight excluding hydrogens is 428 g/mol. The molecule has 0 saturated heterocycles. The van der Waals surface area contributed by atoms with Crippen LogP contribution in [-0.4, -0.2) is 10.2 Å². The molecule has 2 aromatic carbocycles. The predicted octanol–water partition coefficient (Wildman–Crippen LogP) is 9.32. The number of phenolic OH excluding ortho intramolecular Hbond substituents is 2. The molecule has 0 heterocycles. The summed E-state index contributed by atoms with van der Waals surface area (Å²) in [5, 5.41) is 21.2. The molecule has 0 bridgehead atoms. The van der Waals surface area contributed by atoms with Crippen LogP contribution < -0.4 is 0 Å². The standard InChI is InChI=1S/C33H52O2/c1-11-13-26(32(5,6)7)20-28-22(3)30(34)17-15-24(28)19-25-16-18-31(35)23(4)29(25)21-27(14-12-2)33(8,9)10/h15-18,26-27,34-35H,11-14,19-21H2,1-10H3. The number of aromatic hydroxyl groups is 2. The summed E-state index contributed by atoms with van der Waals surface area (Å²) >= 11 is 0. The van der Waals surface area contributed by atoms with Crippen molar-refractivity contribution in [3.05, 3.63) is 57.6 Å². The third kappa shape index (κ3) is 7.51. The minimum atomic E-state index is 0.214. The van der Waals surface area contributed by atoms with Gasteiger partial charge in [0.15, 0.2) is 0 Å². The third-order valence-electron chi connectivity index (χ3n) is 8.34. The van der Waals surface area contributed by atoms with Gasteiger partial charge < -0.3 is 10.2 Å². The van der Waals surface area contributed by atoms with Crippen LogP contribution in [0.15, 0.2) is 24.3 Å². The van der Waals surface area contributed by atoms with Crippen LogP contribution in [0.4, 0.5) is 0 Å². The van der Waals surface area contributed by atoms with Crippen molar-refractivity contribution in [1.82, 2.24) is 0 Å². The van der Waals surface area contributed by atoms with Crippen molar-refractivity contribution in [2.45, 2.75) is 114 Å². The number of phenols is 2. The zero-order chi connectivity index (χ0) is 26.6. The fraction of sp³-hybridized carbons (Fsp3) is 0.636. The molecule has 0 radical (unpaired) electrons. The summed E-state index contributed by atoms with van der Waals surface area (Å²) in [5.74, 6) is 1.90. The van der Waals surface area contributed by atoms with Crippen LogP contribution >= 0.6 is 0 Å². The lowest BCUT2D eigenvalue weighted by atomic mass is 9.72. The monoisotopic (exact) mass is 480 g/mol. The topological polar surface area (TPSA) is 40.5 Å². The van der Waals surface area contributed by atoms with Gasteiger partial charge in [-0.3, -0.25) is 0 Å². The molecule has 0 amide bonds. The van der Waals surface area contributed by atoms with Gasteiger partial charge in [0.25, 0.3) is 0 Å². The van der Waals surface area contributed by atoms with E-state index in [1.807, 2.05) is 12.1 Å². The van der Waals surface area contributed by atoms with Crippen molar-refractivity contribution in [3.63, 3.8) is 0 Å². The summed E-state index contributed by atoms with van der Waals surface area (Å²) in [6.07, 6.45) is 7.51. The van der Waals surface area contributed by atoms with E-state index in [-0.39, 0.29) is 10.8 Å². The van der Waals surface area contributed by atoms with Crippen LogP contribution in [0.2, 0.25) is 0 Å². The smallest absolute Gasteiger partial charge is 0.118 e. The van der Waals surface area contributed by atoms with E-state index in [2.05, 4.69) is 81.4 Å². The van der Waals surface area contributed by atoms with E-state index in [0.29, 0.717) is 23.3 Å². The molecule has 0 spiro atoms. The van der Waals surface area contributed by atoms with Gasteiger partial charge in [0.1, 0.15) is 11.5 Å². The predicted molar refractivity (Wildman–Crippen MR) is 152 cm³/mol. The SMILES string of the molecule is CCCC(Cc1c(Cc2ccc(O)c(C)c2CC(CCC)C(C)(C)C)ccc(O)c1C)C(C)(C)C. The largest absolute Gasteiger partial charge is 0.508 e. The summed E-state index contributed by atoms with van der Waals surface area (Å²) in [5.41, 5.74) is 7.68. The number of rotatable bonds is 10. The molecule has 2 atom stereocenters. The quantitative estimate of drug-likeness (QED) is 0.355. The van der Waals surface area contributed by atoms with E-state index in [4.69, 9.17) is 0 Å². The Morgan fingerprint density at radius 2 is 0.971 bits per heavy atom. The molecular formula is C33H52O2. The Kier molecular flexibility index (Phi) is 9.91. The van der Waals surface area contributed by atoms with Crippen molar-refractivity contribution in [2.24, 2.45) is 22.7 Å². The second kappa shape index (κ2) is 11.8. The van der Waals surface area contributed by atoms with Crippen molar-refractivity contribution < 1.29 is 10.2 Å². The number of hydrogen-bond acceptors (Lipinski definition) is 2. The Balaban J connectivity index is 2.56. The van der Waals surface area contributed by atoms with E-state index in [9.17, 15) is 10.2 Å². The van der Waals surface area contributed by atoms with Crippen LogP contribution in [0.5, 0.6) is 11.5 Å². The van der Waals surface area contributed by atoms with Crippen molar-refractivity contribution >= 4 is 0 Å². The first-order valence-electron chi connectivity index (χ1n) is 13.8. The zero-order valence-corrected chi connectivity index (χ0v) is 24.3. The molecule has 0 aliphatic heterocycles. The molecule has 196 valence electrons. The molecule has 0 aromatic heterocycles. The molecule has 0 saturated carbocycles. The molecule has 0 aliphatic carbocycles. The second-order valence-corrected chi connectivity index (χ2v) is 13.0. The van der Waals surface area contributed by atoms with Gasteiger partial charge in [-0.15, -0.1) is 0 Å². The minimum absolute atomic E-state index is 0.214. The highest BCUT2D eigenvalue weighted by atomic mass is 16.3. The fourth-order valence-corrected chi connectivity index (χ4v) is 5.58. The Morgan fingerprint density at radius 1 is 0.629 bits per heavy atom. The maximum absolute atomic E-state index is 10.6. The molecule has 2 heteroatoms. The average molecular weight is 481 g/mol. The molecule has 0 fully saturated rings. The number of hydrogen-bond donors (Lipinski definition) is 2. The van der Waals surface area contributed by atoms with Gasteiger partial charge in [0.05, 0.1) is 0 Å². The first kappa shape index (κ1) is 29.3. The maximum Gasteiger partial charge on any atom is 0.118 e. The van der Waals surface area contributed by atoms with E-state index in [1.54, 1.807) is 0 Å². The highest BCUT2D eigenvalue weighted by Gasteiger charge is 2.28. The van der Waals surface area contributed by atoms with Gasteiger partial charge >= 0.3 is 0 Å². The van der Waals surface area contributed by atoms with E-state index >= 15 is 0 Å². The molecule has 2 N–H and O–H groups in total. The van der Waals surface area contributed by atoms with Crippen molar-refractivity contribution in [1.29, 1.82) is 0 Å². The van der Waals surface area contributed by atoms with Crippen LogP contribution in [0.25, 0.3) is 0 Å². The Hall–Kier alpha value is -1.96. The van der Waals surface area contributed by atoms with Gasteiger partial charge in [-0.1, -0.05) is 80.4 Å². The summed E-state index contributed by atoms with van der Waals surface area (Å²) in [7, 11) is 0. The fourth-order valence-electron chi connectivity index (χ4n) is 5.58. The molecule has 0 aliphatic rings. The molecule has 2 rings (SSSR count). The van der Waals surface area contributed by atoms with Gasteiger partial charge in [-0.2, -0.15) is 0 Å². The highest BCUT2D eigenvalue weighted by molar-refractivity contribution is 5.49. The third-order valence-corrected chi connectivity index (χ3v) is 8.34.